The number of nitrogens with zero attached hydrogens (tertiary/aromatic N) is 1. The van der Waals surface area contributed by atoms with E-state index in [0.717, 1.165) is 0 Å². The second-order valence-corrected chi connectivity index (χ2v) is 6.43. The first-order valence-electron chi connectivity index (χ1n) is 8.35. The van der Waals surface area contributed by atoms with Crippen LogP contribution in [0.2, 0.25) is 0 Å². The van der Waals surface area contributed by atoms with Gasteiger partial charge in [0.15, 0.2) is 6.10 Å². The van der Waals surface area contributed by atoms with Gasteiger partial charge < -0.3 is 19.1 Å². The summed E-state index contributed by atoms with van der Waals surface area (Å²) in [4.78, 5) is 25.9. The number of hydrogen-bond acceptors (Lipinski definition) is 5. The van der Waals surface area contributed by atoms with Crippen molar-refractivity contribution in [2.75, 3.05) is 13.7 Å². The molecule has 1 amide bonds. The molecule has 1 atom stereocenters. The van der Waals surface area contributed by atoms with Crippen molar-refractivity contribution >= 4 is 18.1 Å². The fourth-order valence-electron chi connectivity index (χ4n) is 2.85. The largest absolute Gasteiger partial charge is 0.509 e. The standard InChI is InChI=1S/C19H25NO5/c1-12(2)20(13(3)4)18(21)17-9-8-15(23-5)10-14(17)6-7-16-11-24-19(22)25-16/h6-10,12-13,16H,11H2,1-5H3/b7-6+. The molecular weight excluding hydrogens is 322 g/mol. The van der Waals surface area contributed by atoms with Crippen molar-refractivity contribution in [3.05, 3.63) is 35.4 Å². The first kappa shape index (κ1) is 18.8. The quantitative estimate of drug-likeness (QED) is 0.737. The van der Waals surface area contributed by atoms with Crippen molar-refractivity contribution in [2.24, 2.45) is 0 Å². The lowest BCUT2D eigenvalue weighted by molar-refractivity contribution is 0.0643. The summed E-state index contributed by atoms with van der Waals surface area (Å²) in [6, 6.07) is 5.48. The Balaban J connectivity index is 2.35. The molecule has 1 fully saturated rings. The lowest BCUT2D eigenvalue weighted by Gasteiger charge is -2.31. The lowest BCUT2D eigenvalue weighted by Crippen LogP contribution is -2.42. The molecule has 0 aliphatic carbocycles. The first-order chi connectivity index (χ1) is 11.8. The number of rotatable bonds is 6. The molecule has 2 rings (SSSR count). The minimum Gasteiger partial charge on any atom is -0.497 e. The van der Waals surface area contributed by atoms with E-state index in [9.17, 15) is 9.59 Å². The monoisotopic (exact) mass is 347 g/mol. The molecule has 1 aliphatic rings. The predicted octanol–water partition coefficient (Wildman–Crippen LogP) is 3.50. The van der Waals surface area contributed by atoms with E-state index >= 15 is 0 Å². The third kappa shape index (κ3) is 4.53. The highest BCUT2D eigenvalue weighted by molar-refractivity contribution is 5.98. The summed E-state index contributed by atoms with van der Waals surface area (Å²) in [7, 11) is 1.57. The zero-order valence-electron chi connectivity index (χ0n) is 15.3. The van der Waals surface area contributed by atoms with E-state index in [-0.39, 0.29) is 24.6 Å². The number of carbonyl (C=O) groups excluding carboxylic acids is 2. The molecule has 0 spiro atoms. The van der Waals surface area contributed by atoms with Crippen LogP contribution in [0.1, 0.15) is 43.6 Å². The molecule has 6 heteroatoms. The van der Waals surface area contributed by atoms with Gasteiger partial charge in [-0.3, -0.25) is 4.79 Å². The van der Waals surface area contributed by atoms with Gasteiger partial charge in [-0.25, -0.2) is 4.79 Å². The van der Waals surface area contributed by atoms with E-state index < -0.39 is 12.3 Å². The fraction of sp³-hybridized carbons (Fsp3) is 0.474. The molecule has 1 unspecified atom stereocenters. The van der Waals surface area contributed by atoms with Gasteiger partial charge in [0.25, 0.3) is 5.91 Å². The second-order valence-electron chi connectivity index (χ2n) is 6.43. The van der Waals surface area contributed by atoms with E-state index in [1.54, 1.807) is 37.5 Å². The maximum absolute atomic E-state index is 13.0. The zero-order valence-corrected chi connectivity index (χ0v) is 15.3. The average molecular weight is 347 g/mol. The van der Waals surface area contributed by atoms with Gasteiger partial charge in [-0.2, -0.15) is 0 Å². The van der Waals surface area contributed by atoms with Crippen LogP contribution in [0.5, 0.6) is 5.75 Å². The van der Waals surface area contributed by atoms with Crippen molar-refractivity contribution in [2.45, 2.75) is 45.9 Å². The Labute approximate surface area is 148 Å². The molecule has 0 bridgehead atoms. The van der Waals surface area contributed by atoms with Gasteiger partial charge in [0.1, 0.15) is 12.4 Å². The van der Waals surface area contributed by atoms with Crippen LogP contribution in [0.25, 0.3) is 6.08 Å². The van der Waals surface area contributed by atoms with E-state index in [1.165, 1.54) is 0 Å². The van der Waals surface area contributed by atoms with Crippen LogP contribution in [0.4, 0.5) is 4.79 Å². The molecule has 1 saturated heterocycles. The number of cyclic esters (lactones) is 2. The zero-order chi connectivity index (χ0) is 18.6. The Morgan fingerprint density at radius 2 is 1.96 bits per heavy atom. The Bertz CT molecular complexity index is 658. The Hall–Kier alpha value is -2.50. The van der Waals surface area contributed by atoms with E-state index in [0.29, 0.717) is 16.9 Å². The van der Waals surface area contributed by atoms with Crippen LogP contribution in [-0.2, 0) is 9.47 Å². The number of carbonyl (C=O) groups is 2. The topological polar surface area (TPSA) is 65.1 Å². The van der Waals surface area contributed by atoms with Gasteiger partial charge in [0.05, 0.1) is 7.11 Å². The summed E-state index contributed by atoms with van der Waals surface area (Å²) in [5.74, 6) is 0.600. The van der Waals surface area contributed by atoms with Crippen molar-refractivity contribution in [3.63, 3.8) is 0 Å². The van der Waals surface area contributed by atoms with Gasteiger partial charge in [-0.05, 0) is 57.5 Å². The van der Waals surface area contributed by atoms with Gasteiger partial charge >= 0.3 is 6.16 Å². The molecule has 0 radical (unpaired) electrons. The van der Waals surface area contributed by atoms with Gasteiger partial charge in [0, 0.05) is 17.6 Å². The summed E-state index contributed by atoms with van der Waals surface area (Å²) in [6.45, 7) is 8.14. The summed E-state index contributed by atoms with van der Waals surface area (Å²) in [5.41, 5.74) is 1.28. The molecule has 1 aromatic carbocycles. The fourth-order valence-corrected chi connectivity index (χ4v) is 2.85. The molecule has 0 saturated carbocycles. The third-order valence-corrected chi connectivity index (χ3v) is 3.94. The summed E-state index contributed by atoms with van der Waals surface area (Å²) >= 11 is 0. The van der Waals surface area contributed by atoms with Crippen molar-refractivity contribution < 1.29 is 23.8 Å². The van der Waals surface area contributed by atoms with Crippen molar-refractivity contribution in [1.82, 2.24) is 4.90 Å². The maximum Gasteiger partial charge on any atom is 0.509 e. The second kappa shape index (κ2) is 8.05. The van der Waals surface area contributed by atoms with Gasteiger partial charge in [-0.15, -0.1) is 0 Å². The highest BCUT2D eigenvalue weighted by Gasteiger charge is 2.25. The number of hydrogen-bond donors (Lipinski definition) is 0. The smallest absolute Gasteiger partial charge is 0.497 e. The van der Waals surface area contributed by atoms with E-state index in [4.69, 9.17) is 14.2 Å². The van der Waals surface area contributed by atoms with Gasteiger partial charge in [-0.1, -0.05) is 6.08 Å². The molecule has 136 valence electrons. The van der Waals surface area contributed by atoms with Crippen molar-refractivity contribution in [1.29, 1.82) is 0 Å². The maximum atomic E-state index is 13.0. The third-order valence-electron chi connectivity index (χ3n) is 3.94. The number of ether oxygens (including phenoxy) is 3. The van der Waals surface area contributed by atoms with Gasteiger partial charge in [0.2, 0.25) is 0 Å². The van der Waals surface area contributed by atoms with Crippen LogP contribution < -0.4 is 4.74 Å². The molecule has 6 nitrogen and oxygen atoms in total. The number of methoxy groups -OCH3 is 1. The van der Waals surface area contributed by atoms with E-state index in [2.05, 4.69) is 0 Å². The normalized spacial score (nSPS) is 17.1. The Kier molecular flexibility index (Phi) is 6.07. The van der Waals surface area contributed by atoms with E-state index in [1.807, 2.05) is 32.6 Å². The number of benzene rings is 1. The molecule has 1 aromatic rings. The lowest BCUT2D eigenvalue weighted by atomic mass is 10.0. The molecular formula is C19H25NO5. The molecule has 0 aromatic heterocycles. The summed E-state index contributed by atoms with van der Waals surface area (Å²) in [6.07, 6.45) is 2.35. The molecule has 25 heavy (non-hydrogen) atoms. The Morgan fingerprint density at radius 1 is 1.28 bits per heavy atom. The predicted molar refractivity (Wildman–Crippen MR) is 94.7 cm³/mol. The van der Waals surface area contributed by atoms with Crippen LogP contribution in [0, 0.1) is 0 Å². The van der Waals surface area contributed by atoms with Crippen LogP contribution in [0.15, 0.2) is 24.3 Å². The first-order valence-corrected chi connectivity index (χ1v) is 8.35. The summed E-state index contributed by atoms with van der Waals surface area (Å²) < 4.78 is 15.0. The molecule has 1 aliphatic heterocycles. The van der Waals surface area contributed by atoms with Crippen molar-refractivity contribution in [3.8, 4) is 5.75 Å². The number of amides is 1. The van der Waals surface area contributed by atoms with Crippen LogP contribution in [0.3, 0.4) is 0 Å². The van der Waals surface area contributed by atoms with Crippen LogP contribution in [-0.4, -0.2) is 48.9 Å². The minimum absolute atomic E-state index is 0.0491. The summed E-state index contributed by atoms with van der Waals surface area (Å²) in [5, 5.41) is 0. The molecule has 1 heterocycles. The minimum atomic E-state index is -0.678. The highest BCUT2D eigenvalue weighted by Crippen LogP contribution is 2.23. The Morgan fingerprint density at radius 3 is 2.48 bits per heavy atom. The average Bonchev–Trinajstić information content (AvgIpc) is 2.97. The molecule has 0 N–H and O–H groups in total. The van der Waals surface area contributed by atoms with Crippen LogP contribution >= 0.6 is 0 Å². The SMILES string of the molecule is COc1ccc(C(=O)N(C(C)C)C(C)C)c(/C=C/C2COC(=O)O2)c1. The highest BCUT2D eigenvalue weighted by atomic mass is 16.8.